The fraction of sp³-hybridized carbons (Fsp3) is 0.160. The Labute approximate surface area is 283 Å². The zero-order chi connectivity index (χ0) is 36.9. The average Bonchev–Trinajstić information content (AvgIpc) is 3.03. The zero-order valence-corrected chi connectivity index (χ0v) is 28.4. The molecule has 0 aliphatic carbocycles. The lowest BCUT2D eigenvalue weighted by molar-refractivity contribution is -0.131. The molecule has 4 rings (SSSR count). The molecular formula is C25H28N6O13S4. The molecule has 0 unspecified atom stereocenters. The van der Waals surface area contributed by atoms with Crippen LogP contribution < -0.4 is 22.5 Å². The third kappa shape index (κ3) is 20.3. The molecule has 260 valence electrons. The van der Waals surface area contributed by atoms with E-state index in [2.05, 4.69) is 29.1 Å². The summed E-state index contributed by atoms with van der Waals surface area (Å²) in [7, 11) is -3.41. The molecule has 0 spiro atoms. The van der Waals surface area contributed by atoms with Crippen LogP contribution in [-0.4, -0.2) is 85.5 Å². The lowest BCUT2D eigenvalue weighted by Gasteiger charge is -1.95. The van der Waals surface area contributed by atoms with Crippen molar-refractivity contribution in [1.29, 1.82) is 5.41 Å². The number of esters is 1. The van der Waals surface area contributed by atoms with E-state index in [0.717, 1.165) is 23.8 Å². The van der Waals surface area contributed by atoms with Crippen LogP contribution in [0.3, 0.4) is 0 Å². The van der Waals surface area contributed by atoms with Crippen LogP contribution in [0.1, 0.15) is 15.9 Å². The molecule has 0 aliphatic heterocycles. The van der Waals surface area contributed by atoms with Crippen molar-refractivity contribution >= 4 is 80.0 Å². The number of ether oxygens (including phenoxy) is 1. The number of methoxy groups -OCH3 is 1. The van der Waals surface area contributed by atoms with Crippen LogP contribution in [0, 0.1) is 5.41 Å². The van der Waals surface area contributed by atoms with E-state index in [-0.39, 0.29) is 21.9 Å². The summed E-state index contributed by atoms with van der Waals surface area (Å²) in [4.78, 5) is 67.9. The van der Waals surface area contributed by atoms with Gasteiger partial charge in [0.1, 0.15) is 6.26 Å². The largest absolute Gasteiger partial charge is 0.478 e. The molecule has 23 heteroatoms. The van der Waals surface area contributed by atoms with Crippen LogP contribution in [0.2, 0.25) is 0 Å². The minimum atomic E-state index is -4.67. The molecule has 19 nitrogen and oxygen atoms in total. The van der Waals surface area contributed by atoms with Crippen molar-refractivity contribution in [3.05, 3.63) is 91.3 Å². The Morgan fingerprint density at radius 3 is 2.08 bits per heavy atom. The number of aromatic nitrogens is 4. The molecule has 0 saturated heterocycles. The number of aliphatic carboxylic acids is 1. The highest BCUT2D eigenvalue weighted by Gasteiger charge is 2.04. The predicted octanol–water partition coefficient (Wildman–Crippen LogP) is 1.91. The number of amidine groups is 1. The molecule has 0 amide bonds. The van der Waals surface area contributed by atoms with Crippen LogP contribution in [-0.2, 0) is 19.9 Å². The van der Waals surface area contributed by atoms with Crippen molar-refractivity contribution in [3.63, 3.8) is 0 Å². The Bertz CT molecular complexity index is 1950. The smallest absolute Gasteiger partial charge is 0.394 e. The molecule has 0 saturated carbocycles. The van der Waals surface area contributed by atoms with Crippen molar-refractivity contribution < 1.29 is 45.8 Å². The Morgan fingerprint density at radius 1 is 1.02 bits per heavy atom. The van der Waals surface area contributed by atoms with Gasteiger partial charge in [0, 0.05) is 30.6 Å². The minimum Gasteiger partial charge on any atom is -0.478 e. The molecule has 0 aliphatic rings. The number of carboxylic acids is 1. The van der Waals surface area contributed by atoms with E-state index >= 15 is 0 Å². The molecule has 0 aromatic carbocycles. The summed E-state index contributed by atoms with van der Waals surface area (Å²) < 4.78 is 45.3. The van der Waals surface area contributed by atoms with E-state index < -0.39 is 33.6 Å². The van der Waals surface area contributed by atoms with Gasteiger partial charge in [0.2, 0.25) is 5.71 Å². The summed E-state index contributed by atoms with van der Waals surface area (Å²) in [6.45, 7) is 0. The number of carboxylic acid groups (broad SMARTS) is 1. The number of thioether (sulfide) groups is 3. The van der Waals surface area contributed by atoms with E-state index in [9.17, 15) is 24.0 Å². The maximum atomic E-state index is 11.3. The number of nitrogens with one attached hydrogen (secondary N) is 2. The minimum absolute atomic E-state index is 0.171. The van der Waals surface area contributed by atoms with E-state index in [1.165, 1.54) is 66.8 Å². The first-order chi connectivity index (χ1) is 22.4. The van der Waals surface area contributed by atoms with Crippen LogP contribution in [0.5, 0.6) is 0 Å². The third-order valence-corrected chi connectivity index (χ3v) is 5.88. The summed E-state index contributed by atoms with van der Waals surface area (Å²) in [6, 6.07) is 5.50. The number of carbonyl (C=O) groups is 2. The van der Waals surface area contributed by atoms with Crippen LogP contribution >= 0.6 is 35.3 Å². The second kappa shape index (κ2) is 22.7. The van der Waals surface area contributed by atoms with Gasteiger partial charge in [-0.05, 0) is 37.0 Å². The molecule has 0 fully saturated rings. The number of nitrogens with two attached hydrogens (primary N) is 1. The normalized spacial score (nSPS) is 10.0. The number of H-pyrrole nitrogens is 1. The van der Waals surface area contributed by atoms with Gasteiger partial charge in [0.15, 0.2) is 15.5 Å². The third-order valence-electron chi connectivity index (χ3n) is 4.28. The van der Waals surface area contributed by atoms with Crippen molar-refractivity contribution in [2.45, 2.75) is 10.3 Å². The highest BCUT2D eigenvalue weighted by atomic mass is 32.3. The van der Waals surface area contributed by atoms with Gasteiger partial charge < -0.3 is 29.4 Å². The first-order valence-corrected chi connectivity index (χ1v) is 17.1. The van der Waals surface area contributed by atoms with Crippen molar-refractivity contribution in [1.82, 2.24) is 19.9 Å². The molecule has 4 aromatic rings. The number of hydrogen-bond acceptors (Lipinski definition) is 17. The molecule has 48 heavy (non-hydrogen) atoms. The number of carbonyl (C=O) groups excluding carboxylic acids is 1. The van der Waals surface area contributed by atoms with Crippen LogP contribution in [0.4, 0.5) is 0 Å². The van der Waals surface area contributed by atoms with Gasteiger partial charge in [-0.15, -0.1) is 0 Å². The van der Waals surface area contributed by atoms with Gasteiger partial charge in [-0.25, -0.2) is 29.1 Å². The Hall–Kier alpha value is -4.81. The van der Waals surface area contributed by atoms with Crippen molar-refractivity contribution in [2.75, 3.05) is 25.9 Å². The van der Waals surface area contributed by atoms with E-state index in [0.29, 0.717) is 16.0 Å². The zero-order valence-electron chi connectivity index (χ0n) is 25.2. The lowest BCUT2D eigenvalue weighted by Crippen LogP contribution is -2.11. The summed E-state index contributed by atoms with van der Waals surface area (Å²) >= 11 is 3.95. The topological polar surface area (TPSA) is 320 Å². The second-order valence-electron chi connectivity index (χ2n) is 7.57. The lowest BCUT2D eigenvalue weighted by atomic mass is 10.3. The van der Waals surface area contributed by atoms with Gasteiger partial charge in [-0.1, -0.05) is 35.3 Å². The van der Waals surface area contributed by atoms with E-state index in [4.69, 9.17) is 38.2 Å². The molecular weight excluding hydrogens is 721 g/mol. The van der Waals surface area contributed by atoms with Crippen LogP contribution in [0.25, 0.3) is 17.2 Å². The van der Waals surface area contributed by atoms with Gasteiger partial charge >= 0.3 is 33.6 Å². The number of rotatable bonds is 5. The summed E-state index contributed by atoms with van der Waals surface area (Å²) in [5.41, 5.74) is 4.41. The SMILES string of the molecule is COC(=O)c1ccc(=O)oc1.CSC(=N)N.CSc1ncc(/C=C\C(=O)O)c(=O)[nH]1.CSc1ncc2ccc(=O)oc2n1.O=S(=O)(O)O. The monoisotopic (exact) mass is 748 g/mol. The molecule has 0 atom stereocenters. The van der Waals surface area contributed by atoms with E-state index in [1.54, 1.807) is 24.8 Å². The van der Waals surface area contributed by atoms with Crippen molar-refractivity contribution in [2.24, 2.45) is 5.73 Å². The molecule has 4 heterocycles. The summed E-state index contributed by atoms with van der Waals surface area (Å²) in [5, 5.41) is 16.8. The highest BCUT2D eigenvalue weighted by molar-refractivity contribution is 8.13. The van der Waals surface area contributed by atoms with Crippen molar-refractivity contribution in [3.8, 4) is 0 Å². The Balaban J connectivity index is 0.000000609. The number of aromatic amines is 1. The molecule has 4 aromatic heterocycles. The average molecular weight is 749 g/mol. The fourth-order valence-electron chi connectivity index (χ4n) is 2.31. The van der Waals surface area contributed by atoms with Gasteiger partial charge in [-0.3, -0.25) is 19.3 Å². The number of fused-ring (bicyclic) bond motifs is 1. The fourth-order valence-corrected chi connectivity index (χ4v) is 2.99. The standard InChI is InChI=1S/C8H8N2O3S.C8H6N2O2S.C7H6O4.C2H6N2S.H2O4S/c1-14-8-9-4-5(7(13)10-8)2-3-6(11)12;1-13-8-9-4-5-2-3-6(11)12-7(5)10-8;1-10-7(9)5-2-3-6(8)11-4-5;1-5-2(3)4;1-5(2,3)4/h2-4H,1H3,(H,11,12)(H,9,10,13);2-4H,1H3;2-4H,1H3;1H3,(H3,3,4);(H2,1,2,3,4)/b3-2-;;;;. The molecule has 7 N–H and O–H groups in total. The van der Waals surface area contributed by atoms with E-state index in [1.807, 2.05) is 6.26 Å². The number of nitrogens with zero attached hydrogens (tertiary/aromatic N) is 3. The van der Waals surface area contributed by atoms with Gasteiger partial charge in [0.25, 0.3) is 5.56 Å². The number of hydrogen-bond donors (Lipinski definition) is 6. The quantitative estimate of drug-likeness (QED) is 0.0323. The first-order valence-electron chi connectivity index (χ1n) is 12.0. The predicted molar refractivity (Wildman–Crippen MR) is 179 cm³/mol. The first kappa shape index (κ1) is 43.2. The summed E-state index contributed by atoms with van der Waals surface area (Å²) in [6.07, 6.45) is 11.5. The van der Waals surface area contributed by atoms with Gasteiger partial charge in [-0.2, -0.15) is 13.4 Å². The summed E-state index contributed by atoms with van der Waals surface area (Å²) in [5.74, 6) is -1.62. The Kier molecular flexibility index (Phi) is 20.4. The molecule has 0 radical (unpaired) electrons. The second-order valence-corrected chi connectivity index (χ2v) is 10.9. The molecule has 0 bridgehead atoms. The van der Waals surface area contributed by atoms with Crippen LogP contribution in [0.15, 0.2) is 82.5 Å². The maximum absolute atomic E-state index is 11.3. The highest BCUT2D eigenvalue weighted by Crippen LogP contribution is 2.12. The maximum Gasteiger partial charge on any atom is 0.394 e. The Morgan fingerprint density at radius 2 is 1.62 bits per heavy atom. The van der Waals surface area contributed by atoms with Gasteiger partial charge in [0.05, 0.1) is 23.6 Å².